The van der Waals surface area contributed by atoms with E-state index in [4.69, 9.17) is 5.11 Å². The molecule has 0 radical (unpaired) electrons. The lowest BCUT2D eigenvalue weighted by Crippen LogP contribution is -2.08. The third-order valence-corrected chi connectivity index (χ3v) is 3.30. The van der Waals surface area contributed by atoms with Crippen molar-refractivity contribution in [2.24, 2.45) is 5.92 Å². The Hall–Kier alpha value is -2.30. The average Bonchev–Trinajstić information content (AvgIpc) is 2.77. The number of aromatic nitrogens is 2. The summed E-state index contributed by atoms with van der Waals surface area (Å²) in [6.07, 6.45) is 1.82. The fourth-order valence-electron chi connectivity index (χ4n) is 2.16. The molecule has 0 aliphatic rings. The summed E-state index contributed by atoms with van der Waals surface area (Å²) in [5.41, 5.74) is 3.32. The molecule has 2 N–H and O–H groups in total. The topological polar surface area (TPSA) is 67.2 Å². The van der Waals surface area contributed by atoms with E-state index in [0.29, 0.717) is 18.0 Å². The smallest absolute Gasteiger partial charge is 0.335 e. The Balaban J connectivity index is 2.05. The standard InChI is InChI=1S/C16H21N3O2/c1-11(2)10-19-12(3)15(9-18-19)17-8-13-5-4-6-14(7-13)16(20)21/h4-7,9,11,17H,8,10H2,1-3H3,(H,20,21). The molecule has 0 fully saturated rings. The van der Waals surface area contributed by atoms with Gasteiger partial charge in [-0.25, -0.2) is 4.79 Å². The molecule has 0 saturated heterocycles. The van der Waals surface area contributed by atoms with Crippen LogP contribution in [0.2, 0.25) is 0 Å². The molecule has 1 aromatic heterocycles. The van der Waals surface area contributed by atoms with Gasteiger partial charge >= 0.3 is 5.97 Å². The first-order valence-corrected chi connectivity index (χ1v) is 7.06. The number of benzene rings is 1. The molecule has 1 heterocycles. The average molecular weight is 287 g/mol. The van der Waals surface area contributed by atoms with Crippen molar-refractivity contribution < 1.29 is 9.90 Å². The van der Waals surface area contributed by atoms with Gasteiger partial charge in [0.1, 0.15) is 0 Å². The van der Waals surface area contributed by atoms with Crippen LogP contribution in [0.25, 0.3) is 0 Å². The maximum absolute atomic E-state index is 11.0. The Morgan fingerprint density at radius 3 is 2.86 bits per heavy atom. The molecular formula is C16H21N3O2. The lowest BCUT2D eigenvalue weighted by atomic mass is 10.1. The van der Waals surface area contributed by atoms with E-state index in [0.717, 1.165) is 23.5 Å². The molecule has 0 aliphatic carbocycles. The maximum atomic E-state index is 11.0. The highest BCUT2D eigenvalue weighted by Crippen LogP contribution is 2.16. The van der Waals surface area contributed by atoms with Gasteiger partial charge in [0.15, 0.2) is 0 Å². The number of carboxylic acids is 1. The van der Waals surface area contributed by atoms with E-state index in [1.807, 2.05) is 23.9 Å². The number of carbonyl (C=O) groups is 1. The minimum atomic E-state index is -0.905. The van der Waals surface area contributed by atoms with E-state index in [2.05, 4.69) is 24.3 Å². The van der Waals surface area contributed by atoms with Gasteiger partial charge in [0.2, 0.25) is 0 Å². The summed E-state index contributed by atoms with van der Waals surface area (Å²) in [4.78, 5) is 11.0. The van der Waals surface area contributed by atoms with E-state index >= 15 is 0 Å². The van der Waals surface area contributed by atoms with Crippen LogP contribution in [0.4, 0.5) is 5.69 Å². The first-order chi connectivity index (χ1) is 9.97. The quantitative estimate of drug-likeness (QED) is 0.856. The van der Waals surface area contributed by atoms with Crippen molar-refractivity contribution >= 4 is 11.7 Å². The van der Waals surface area contributed by atoms with Gasteiger partial charge in [0, 0.05) is 13.1 Å². The molecule has 0 spiro atoms. The molecule has 0 saturated carbocycles. The number of nitrogens with one attached hydrogen (secondary N) is 1. The molecule has 2 rings (SSSR count). The second-order valence-electron chi connectivity index (χ2n) is 5.58. The highest BCUT2D eigenvalue weighted by Gasteiger charge is 2.08. The molecule has 0 amide bonds. The summed E-state index contributed by atoms with van der Waals surface area (Å²) in [6, 6.07) is 6.95. The summed E-state index contributed by atoms with van der Waals surface area (Å²) in [5.74, 6) is -0.360. The summed E-state index contributed by atoms with van der Waals surface area (Å²) in [6.45, 7) is 7.82. The van der Waals surface area contributed by atoms with Crippen molar-refractivity contribution in [3.63, 3.8) is 0 Å². The first kappa shape index (κ1) is 15.1. The molecule has 5 heteroatoms. The highest BCUT2D eigenvalue weighted by molar-refractivity contribution is 5.87. The Morgan fingerprint density at radius 1 is 1.43 bits per heavy atom. The monoisotopic (exact) mass is 287 g/mol. The van der Waals surface area contributed by atoms with Gasteiger partial charge in [-0.2, -0.15) is 5.10 Å². The first-order valence-electron chi connectivity index (χ1n) is 7.06. The van der Waals surface area contributed by atoms with Crippen LogP contribution in [0.3, 0.4) is 0 Å². The van der Waals surface area contributed by atoms with Crippen LogP contribution in [-0.4, -0.2) is 20.9 Å². The zero-order chi connectivity index (χ0) is 15.4. The maximum Gasteiger partial charge on any atom is 0.335 e. The third kappa shape index (κ3) is 3.84. The van der Waals surface area contributed by atoms with Gasteiger partial charge in [-0.3, -0.25) is 4.68 Å². The molecule has 0 bridgehead atoms. The van der Waals surface area contributed by atoms with Crippen molar-refractivity contribution in [1.29, 1.82) is 0 Å². The normalized spacial score (nSPS) is 10.9. The number of rotatable bonds is 6. The predicted octanol–water partition coefficient (Wildman–Crippen LogP) is 3.16. The van der Waals surface area contributed by atoms with E-state index in [1.165, 1.54) is 0 Å². The van der Waals surface area contributed by atoms with Crippen LogP contribution < -0.4 is 5.32 Å². The van der Waals surface area contributed by atoms with Crippen molar-refractivity contribution in [2.45, 2.75) is 33.9 Å². The SMILES string of the molecule is Cc1c(NCc2cccc(C(=O)O)c2)cnn1CC(C)C. The van der Waals surface area contributed by atoms with Crippen LogP contribution in [0.1, 0.15) is 35.5 Å². The van der Waals surface area contributed by atoms with Gasteiger partial charge in [-0.05, 0) is 30.5 Å². The minimum absolute atomic E-state index is 0.307. The van der Waals surface area contributed by atoms with E-state index in [1.54, 1.807) is 18.2 Å². The molecule has 1 aromatic carbocycles. The molecule has 2 aromatic rings. The van der Waals surface area contributed by atoms with Gasteiger partial charge < -0.3 is 10.4 Å². The van der Waals surface area contributed by atoms with Crippen molar-refractivity contribution in [3.8, 4) is 0 Å². The second-order valence-corrected chi connectivity index (χ2v) is 5.58. The second kappa shape index (κ2) is 6.43. The Morgan fingerprint density at radius 2 is 2.19 bits per heavy atom. The number of anilines is 1. The number of aromatic carboxylic acids is 1. The largest absolute Gasteiger partial charge is 0.478 e. The summed E-state index contributed by atoms with van der Waals surface area (Å²) < 4.78 is 1.99. The van der Waals surface area contributed by atoms with Crippen LogP contribution in [0, 0.1) is 12.8 Å². The van der Waals surface area contributed by atoms with Crippen LogP contribution in [0.15, 0.2) is 30.5 Å². The van der Waals surface area contributed by atoms with Crippen LogP contribution in [-0.2, 0) is 13.1 Å². The fourth-order valence-corrected chi connectivity index (χ4v) is 2.16. The Labute approximate surface area is 124 Å². The molecule has 0 aliphatic heterocycles. The number of carboxylic acid groups (broad SMARTS) is 1. The zero-order valence-corrected chi connectivity index (χ0v) is 12.6. The lowest BCUT2D eigenvalue weighted by molar-refractivity contribution is 0.0697. The number of hydrogen-bond donors (Lipinski definition) is 2. The lowest BCUT2D eigenvalue weighted by Gasteiger charge is -2.09. The van der Waals surface area contributed by atoms with E-state index in [-0.39, 0.29) is 0 Å². The summed E-state index contributed by atoms with van der Waals surface area (Å²) in [7, 11) is 0. The molecule has 112 valence electrons. The Bertz CT molecular complexity index is 632. The fraction of sp³-hybridized carbons (Fsp3) is 0.375. The molecule has 5 nitrogen and oxygen atoms in total. The van der Waals surface area contributed by atoms with Crippen LogP contribution >= 0.6 is 0 Å². The summed E-state index contributed by atoms with van der Waals surface area (Å²) >= 11 is 0. The molecular weight excluding hydrogens is 266 g/mol. The van der Waals surface area contributed by atoms with Gasteiger partial charge in [0.05, 0.1) is 23.1 Å². The zero-order valence-electron chi connectivity index (χ0n) is 12.6. The predicted molar refractivity (Wildman–Crippen MR) is 82.5 cm³/mol. The van der Waals surface area contributed by atoms with Crippen LogP contribution in [0.5, 0.6) is 0 Å². The molecule has 21 heavy (non-hydrogen) atoms. The number of hydrogen-bond acceptors (Lipinski definition) is 3. The van der Waals surface area contributed by atoms with Gasteiger partial charge in [-0.1, -0.05) is 26.0 Å². The van der Waals surface area contributed by atoms with Gasteiger partial charge in [0.25, 0.3) is 0 Å². The third-order valence-electron chi connectivity index (χ3n) is 3.30. The Kier molecular flexibility index (Phi) is 4.62. The number of nitrogens with zero attached hydrogens (tertiary/aromatic N) is 2. The van der Waals surface area contributed by atoms with Gasteiger partial charge in [-0.15, -0.1) is 0 Å². The summed E-state index contributed by atoms with van der Waals surface area (Å²) in [5, 5.41) is 16.7. The minimum Gasteiger partial charge on any atom is -0.478 e. The van der Waals surface area contributed by atoms with E-state index in [9.17, 15) is 4.79 Å². The molecule has 0 unspecified atom stereocenters. The van der Waals surface area contributed by atoms with Crippen molar-refractivity contribution in [3.05, 3.63) is 47.3 Å². The van der Waals surface area contributed by atoms with Crippen molar-refractivity contribution in [1.82, 2.24) is 9.78 Å². The highest BCUT2D eigenvalue weighted by atomic mass is 16.4. The molecule has 0 atom stereocenters. The van der Waals surface area contributed by atoms with E-state index < -0.39 is 5.97 Å². The van der Waals surface area contributed by atoms with Crippen molar-refractivity contribution in [2.75, 3.05) is 5.32 Å².